The second-order valence-corrected chi connectivity index (χ2v) is 27.8. The van der Waals surface area contributed by atoms with Crippen molar-refractivity contribution in [3.63, 3.8) is 0 Å². The molecule has 18 heterocycles. The van der Waals surface area contributed by atoms with Gasteiger partial charge in [-0.2, -0.15) is 0 Å². The van der Waals surface area contributed by atoms with E-state index in [9.17, 15) is 28.8 Å². The molecule has 720 valence electrons. The van der Waals surface area contributed by atoms with Crippen molar-refractivity contribution in [2.24, 2.45) is 35.5 Å². The van der Waals surface area contributed by atoms with Crippen LogP contribution in [-0.2, 0) is 28.8 Å². The van der Waals surface area contributed by atoms with Gasteiger partial charge in [0, 0.05) is 213 Å². The number of aromatic amines is 6. The van der Waals surface area contributed by atoms with Crippen molar-refractivity contribution in [3.05, 3.63) is 180 Å². The third-order valence-electron chi connectivity index (χ3n) is 19.4. The minimum absolute atomic E-state index is 0.0147. The molecule has 12 atom stereocenters. The number of likely N-dealkylation sites (N-methyl/N-ethyl adjacent to an activating group) is 6. The fourth-order valence-electron chi connectivity index (χ4n) is 12.8. The smallest absolute Gasteiger partial charge is 0.302 e. The fraction of sp³-hybridized carbons (Fsp3) is 0.500. The predicted octanol–water partition coefficient (Wildman–Crippen LogP) is 9.30. The number of piperidine rings is 6. The molecule has 6 saturated heterocycles. The SMILES string of the molecule is [2H]C([2H])([N+]#[C-])C(=O)N1C([2H])([2H])C([2H])([2H])[C@@H](C([2H])([2H])[2H])[C@@]([2H])(N(C)c2ncnc3[nH]ccc23)C1([2H])[2H].[2H]C([2H])([N+]#[C-])C(=O)N1C([2H])([2H])C([2H])([2H])[C@@H](C)[C@@]([2H])(N(C)c2ncnc3[nH]ccc23)C1([2H])[2H].[2H]C([2H])([N+]#[C-])C(=O)N1C([2H])([2H])C([2H])([2H])[C@@]([2H])(C([2H])([2H])[2H])[C@@]([2H])(N(C)c2ncnc3[nH]ccc23)C1([2H])[2H].[2H]C([2H])([N+]#[C-])C(=O)N1C([2H])([2H])C([2H])([2H])[C@@]([2H])(C)[C@@]([2H])(N(C)c2ncnc3[nH]ccc23)C1([2H])[2H].[2H]C([2H])([N+]#[C-])C(=O)N1C([2H])([2H])[C@H](N(c2ncnc3[nH]ccc23)C([2H])([2H])[2H])[C@H](C([2H])([2H])[2H])C([2H])([2H])C1([2H])[2H].[2H]C([2H])([N+]#[C-])C(=O)N1C([2H])([2H])[C@H](N(c2ncnc3[nH]ccc23)C([2H])([2H])[2H])[C@H](C)C([2H])([2H])C1([2H])[2H]. The molecule has 42 nitrogen and oxygen atoms in total. The quantitative estimate of drug-likeness (QED) is 0.0435. The molecule has 6 amide bonds. The van der Waals surface area contributed by atoms with Crippen LogP contribution in [0.3, 0.4) is 0 Å². The lowest BCUT2D eigenvalue weighted by atomic mass is 9.92. The van der Waals surface area contributed by atoms with E-state index in [2.05, 4.69) is 119 Å². The first-order valence-electron chi connectivity index (χ1n) is 73.6. The summed E-state index contributed by atoms with van der Waals surface area (Å²) in [6, 6.07) is -9.04. The minimum Gasteiger partial charge on any atom is -0.354 e. The summed E-state index contributed by atoms with van der Waals surface area (Å²) < 4.78 is 570. The second-order valence-electron chi connectivity index (χ2n) is 27.8. The van der Waals surface area contributed by atoms with E-state index in [1.807, 2.05) is 0 Å². The molecular formula is C96H120N36O6. The lowest BCUT2D eigenvalue weighted by Gasteiger charge is -2.41. The molecule has 18 rings (SSSR count). The van der Waals surface area contributed by atoms with Gasteiger partial charge in [0.05, 0.1) is 90.4 Å². The molecule has 0 aliphatic carbocycles. The molecule has 0 saturated carbocycles. The van der Waals surface area contributed by atoms with E-state index >= 15 is 0 Å². The van der Waals surface area contributed by atoms with Crippen molar-refractivity contribution in [1.82, 2.24) is 119 Å². The van der Waals surface area contributed by atoms with Gasteiger partial charge >= 0.3 is 35.4 Å². The lowest BCUT2D eigenvalue weighted by molar-refractivity contribution is -0.131. The van der Waals surface area contributed by atoms with Gasteiger partial charge in [0.1, 0.15) is 123 Å². The van der Waals surface area contributed by atoms with Crippen LogP contribution in [0.25, 0.3) is 95.3 Å². The number of hydrogen-bond acceptors (Lipinski definition) is 24. The van der Waals surface area contributed by atoms with Crippen molar-refractivity contribution in [2.45, 2.75) is 116 Å². The molecule has 6 aliphatic heterocycles. The van der Waals surface area contributed by atoms with Crippen LogP contribution in [-0.4, -0.2) is 350 Å². The van der Waals surface area contributed by atoms with Crippen LogP contribution in [0.15, 0.2) is 112 Å². The van der Waals surface area contributed by atoms with Gasteiger partial charge in [-0.1, -0.05) is 41.3 Å². The van der Waals surface area contributed by atoms with Crippen LogP contribution in [0.4, 0.5) is 34.9 Å². The highest BCUT2D eigenvalue weighted by Gasteiger charge is 2.41. The van der Waals surface area contributed by atoms with E-state index in [4.69, 9.17) is 134 Å². The molecule has 12 aromatic heterocycles. The number of H-pyrrole nitrogens is 6. The van der Waals surface area contributed by atoms with E-state index in [0.29, 0.717) is 25.7 Å². The van der Waals surface area contributed by atoms with Crippen molar-refractivity contribution >= 4 is 137 Å². The highest BCUT2D eigenvalue weighted by molar-refractivity contribution is 5.93. The molecule has 0 radical (unpaired) electrons. The Morgan fingerprint density at radius 2 is 0.558 bits per heavy atom. The van der Waals surface area contributed by atoms with E-state index in [1.54, 1.807) is 6.07 Å². The van der Waals surface area contributed by atoms with Gasteiger partial charge < -0.3 is 118 Å². The normalized spacial score (nSPS) is 39.4. The molecule has 0 unspecified atom stereocenters. The molecule has 12 aromatic rings. The molecular weight excluding hydrogens is 1750 g/mol. The standard InChI is InChI=1S/6C16H20N6O/c6*1-11-5-7-22(14(23)8-17-2)9-13(11)21(3)16-12-4-6-18-15(12)19-10-20-16/h6*4,6,10-11,13H,5,7-9H2,1,3H3,(H,18,19,20)/t6*11-,13+/m111111/s1/i1D3,5D2,7D2,8D2,9D2,11D,13D;5D2,7D2,8D2,9D2,11D,13D;1D3,5D2,7D2,8D2,9D2,13D;1D3,3D3,5D2,7D2,8D2,9D2;5D2,7D2,8D2,9D2,13D;3D3,5D2,7D2,8D2,9D2. The molecule has 42 heteroatoms. The third-order valence-corrected chi connectivity index (χ3v) is 19.4. The maximum Gasteiger partial charge on any atom is 0.302 e. The van der Waals surface area contributed by atoms with Crippen molar-refractivity contribution in [2.75, 3.05) is 188 Å². The van der Waals surface area contributed by atoms with Gasteiger partial charge in [-0.25, -0.2) is 99.2 Å². The summed E-state index contributed by atoms with van der Waals surface area (Å²) in [6.07, 6.45) is -6.20. The van der Waals surface area contributed by atoms with Crippen LogP contribution in [0, 0.1) is 74.9 Å². The predicted molar refractivity (Wildman–Crippen MR) is 527 cm³/mol. The summed E-state index contributed by atoms with van der Waals surface area (Å²) in [5.41, 5.74) is 1.24. The van der Waals surface area contributed by atoms with Gasteiger partial charge in [-0.15, -0.1) is 0 Å². The van der Waals surface area contributed by atoms with Crippen molar-refractivity contribution < 1.29 is 123 Å². The fourth-order valence-corrected chi connectivity index (χ4v) is 12.8. The number of carbonyl (C=O) groups is 6. The van der Waals surface area contributed by atoms with E-state index in [0.717, 1.165) is 89.7 Å². The minimum atomic E-state index is -4.04. The maximum absolute atomic E-state index is 13.0. The Morgan fingerprint density at radius 3 is 0.848 bits per heavy atom. The Morgan fingerprint density at radius 1 is 0.326 bits per heavy atom. The summed E-state index contributed by atoms with van der Waals surface area (Å²) in [4.78, 5) is 157. The molecule has 0 spiro atoms. The largest absolute Gasteiger partial charge is 0.354 e. The topological polar surface area (TPSA) is 417 Å². The number of carbonyl (C=O) groups excluding carboxylic acids is 6. The van der Waals surface area contributed by atoms with Gasteiger partial charge in [-0.05, 0) is 110 Å². The Balaban J connectivity index is 0.000000199. The maximum atomic E-state index is 13.0. The lowest BCUT2D eigenvalue weighted by Crippen LogP contribution is -2.53. The van der Waals surface area contributed by atoms with Gasteiger partial charge in [0.2, 0.25) is 0 Å². The Bertz CT molecular complexity index is 9980. The molecule has 6 N–H and O–H groups in total. The van der Waals surface area contributed by atoms with Gasteiger partial charge in [0.25, 0.3) is 39.0 Å². The van der Waals surface area contributed by atoms with Crippen LogP contribution in [0.2, 0.25) is 0 Å². The van der Waals surface area contributed by atoms with Crippen molar-refractivity contribution in [1.29, 1.82) is 0 Å². The average Bonchev–Trinajstić information content (AvgIpc) is 1.18. The number of aromatic nitrogens is 18. The Kier molecular flexibility index (Phi) is 14.7. The average molecular weight is 1940 g/mol. The zero-order valence-electron chi connectivity index (χ0n) is 141. The number of hydrogen-bond donors (Lipinski definition) is 6. The summed E-state index contributed by atoms with van der Waals surface area (Å²) in [6.45, 7) is -37.5. The summed E-state index contributed by atoms with van der Waals surface area (Å²) in [5.74, 6) is -29.7. The van der Waals surface area contributed by atoms with E-state index in [-0.39, 0.29) is 99.0 Å². The zero-order valence-corrected chi connectivity index (χ0v) is 72.2. The van der Waals surface area contributed by atoms with Crippen LogP contribution in [0.1, 0.15) is 174 Å². The number of anilines is 6. The van der Waals surface area contributed by atoms with Crippen LogP contribution >= 0.6 is 0 Å². The van der Waals surface area contributed by atoms with E-state index < -0.39 is 322 Å². The first-order valence-corrected chi connectivity index (χ1v) is 39.1. The highest BCUT2D eigenvalue weighted by atomic mass is 16.2. The highest BCUT2D eigenvalue weighted by Crippen LogP contribution is 2.37. The first kappa shape index (κ1) is 43.5. The number of likely N-dealkylation sites (tertiary alicyclic amines) is 6. The number of rotatable bonds is 18. The molecule has 6 aliphatic rings. The number of nitrogens with zero attached hydrogens (tertiary/aromatic N) is 30. The first-order chi connectivity index (χ1) is 93.0. The van der Waals surface area contributed by atoms with Crippen LogP contribution in [0.5, 0.6) is 0 Å². The molecule has 138 heavy (non-hydrogen) atoms. The summed E-state index contributed by atoms with van der Waals surface area (Å²) in [7, 11) is 4.33. The number of fused-ring (bicyclic) bond motifs is 6. The summed E-state index contributed by atoms with van der Waals surface area (Å²) in [5, 5.41) is 1.03. The summed E-state index contributed by atoms with van der Waals surface area (Å²) >= 11 is 0. The Hall–Kier alpha value is -15.7. The number of nitrogens with one attached hydrogen (secondary N) is 6. The van der Waals surface area contributed by atoms with Gasteiger partial charge in [0.15, 0.2) is 0 Å². The van der Waals surface area contributed by atoms with Crippen molar-refractivity contribution in [3.8, 4) is 0 Å². The zero-order chi connectivity index (χ0) is 159. The van der Waals surface area contributed by atoms with E-state index in [1.165, 1.54) is 74.6 Å². The molecule has 6 fully saturated rings. The molecule has 0 bridgehead atoms. The number of amides is 6. The van der Waals surface area contributed by atoms with Gasteiger partial charge in [-0.3, -0.25) is 28.8 Å². The second kappa shape index (κ2) is 46.5. The monoisotopic (exact) mass is 1940 g/mol. The van der Waals surface area contributed by atoms with Crippen LogP contribution < -0.4 is 29.4 Å². The molecule has 0 aromatic carbocycles. The Labute approximate surface area is 898 Å². The third kappa shape index (κ3) is 23.1.